The minimum Gasteiger partial charge on any atom is -0.338 e. The van der Waals surface area contributed by atoms with Crippen LogP contribution in [-0.4, -0.2) is 18.5 Å². The van der Waals surface area contributed by atoms with Gasteiger partial charge in [0.05, 0.1) is 0 Å². The van der Waals surface area contributed by atoms with Crippen LogP contribution in [0.25, 0.3) is 0 Å². The fourth-order valence-corrected chi connectivity index (χ4v) is 2.34. The fourth-order valence-electron chi connectivity index (χ4n) is 2.34. The summed E-state index contributed by atoms with van der Waals surface area (Å²) in [6.07, 6.45) is 6.47. The van der Waals surface area contributed by atoms with E-state index < -0.39 is 0 Å². The van der Waals surface area contributed by atoms with Crippen LogP contribution < -0.4 is 16.0 Å². The molecular weight excluding hydrogens is 290 g/mol. The highest BCUT2D eigenvalue weighted by molar-refractivity contribution is 5.96. The zero-order valence-corrected chi connectivity index (χ0v) is 14.1. The number of aryl methyl sites for hydroxylation is 1. The molecule has 0 spiro atoms. The monoisotopic (exact) mass is 317 g/mol. The van der Waals surface area contributed by atoms with Crippen LogP contribution in [0, 0.1) is 12.8 Å². The van der Waals surface area contributed by atoms with Crippen molar-refractivity contribution in [3.8, 4) is 0 Å². The van der Waals surface area contributed by atoms with Gasteiger partial charge in [-0.25, -0.2) is 4.79 Å². The van der Waals surface area contributed by atoms with E-state index in [0.29, 0.717) is 6.54 Å². The molecule has 1 saturated carbocycles. The van der Waals surface area contributed by atoms with Crippen molar-refractivity contribution in [2.45, 2.75) is 52.4 Å². The van der Waals surface area contributed by atoms with Crippen molar-refractivity contribution in [3.05, 3.63) is 23.8 Å². The largest absolute Gasteiger partial charge is 0.338 e. The number of unbranched alkanes of at least 4 members (excludes halogenated alkanes) is 3. The SMILES string of the molecule is CCCCCCNC(=O)Nc1cc(NC(=O)C2CC2)ccc1C. The molecule has 0 atom stereocenters. The van der Waals surface area contributed by atoms with E-state index in [2.05, 4.69) is 22.9 Å². The Morgan fingerprint density at radius 1 is 1.13 bits per heavy atom. The Labute approximate surface area is 138 Å². The molecule has 0 bridgehead atoms. The van der Waals surface area contributed by atoms with Gasteiger partial charge < -0.3 is 16.0 Å². The molecule has 3 N–H and O–H groups in total. The van der Waals surface area contributed by atoms with Crippen molar-refractivity contribution in [1.82, 2.24) is 5.32 Å². The Morgan fingerprint density at radius 3 is 2.61 bits per heavy atom. The molecule has 1 aromatic rings. The van der Waals surface area contributed by atoms with Gasteiger partial charge in [-0.05, 0) is 43.9 Å². The highest BCUT2D eigenvalue weighted by Gasteiger charge is 2.29. The molecule has 0 heterocycles. The average molecular weight is 317 g/mol. The smallest absolute Gasteiger partial charge is 0.319 e. The van der Waals surface area contributed by atoms with Crippen LogP contribution in [0.1, 0.15) is 51.0 Å². The number of hydrogen-bond donors (Lipinski definition) is 3. The summed E-state index contributed by atoms with van der Waals surface area (Å²) in [5.41, 5.74) is 2.42. The Hall–Kier alpha value is -2.04. The average Bonchev–Trinajstić information content (AvgIpc) is 3.35. The zero-order chi connectivity index (χ0) is 16.7. The van der Waals surface area contributed by atoms with Gasteiger partial charge in [0, 0.05) is 23.8 Å². The van der Waals surface area contributed by atoms with Crippen LogP contribution in [0.3, 0.4) is 0 Å². The Kier molecular flexibility index (Phi) is 6.44. The quantitative estimate of drug-likeness (QED) is 0.633. The summed E-state index contributed by atoms with van der Waals surface area (Å²) in [6.45, 7) is 4.78. The number of carbonyl (C=O) groups excluding carboxylic acids is 2. The second-order valence-electron chi connectivity index (χ2n) is 6.23. The van der Waals surface area contributed by atoms with Crippen LogP contribution in [0.2, 0.25) is 0 Å². The molecule has 0 aliphatic heterocycles. The van der Waals surface area contributed by atoms with Gasteiger partial charge in [-0.2, -0.15) is 0 Å². The molecule has 1 fully saturated rings. The number of nitrogens with one attached hydrogen (secondary N) is 3. The maximum Gasteiger partial charge on any atom is 0.319 e. The summed E-state index contributed by atoms with van der Waals surface area (Å²) in [4.78, 5) is 23.7. The van der Waals surface area contributed by atoms with Crippen LogP contribution in [0.4, 0.5) is 16.2 Å². The Morgan fingerprint density at radius 2 is 1.91 bits per heavy atom. The second kappa shape index (κ2) is 8.56. The van der Waals surface area contributed by atoms with Gasteiger partial charge in [-0.3, -0.25) is 4.79 Å². The molecule has 0 unspecified atom stereocenters. The molecule has 1 aliphatic carbocycles. The van der Waals surface area contributed by atoms with Crippen LogP contribution in [-0.2, 0) is 4.79 Å². The van der Waals surface area contributed by atoms with Gasteiger partial charge in [-0.1, -0.05) is 32.3 Å². The van der Waals surface area contributed by atoms with Crippen molar-refractivity contribution in [1.29, 1.82) is 0 Å². The molecule has 1 aliphatic rings. The lowest BCUT2D eigenvalue weighted by Gasteiger charge is -2.12. The van der Waals surface area contributed by atoms with E-state index in [1.54, 1.807) is 0 Å². The van der Waals surface area contributed by atoms with Gasteiger partial charge >= 0.3 is 6.03 Å². The predicted molar refractivity (Wildman–Crippen MR) is 93.7 cm³/mol. The molecule has 0 radical (unpaired) electrons. The third-order valence-electron chi connectivity index (χ3n) is 4.02. The first kappa shape index (κ1) is 17.3. The number of hydrogen-bond acceptors (Lipinski definition) is 2. The molecule has 5 nitrogen and oxygen atoms in total. The summed E-state index contributed by atoms with van der Waals surface area (Å²) >= 11 is 0. The normalized spacial score (nSPS) is 13.5. The first-order valence-electron chi connectivity index (χ1n) is 8.56. The Bertz CT molecular complexity index is 553. The second-order valence-corrected chi connectivity index (χ2v) is 6.23. The van der Waals surface area contributed by atoms with E-state index in [1.165, 1.54) is 12.8 Å². The van der Waals surface area contributed by atoms with E-state index in [1.807, 2.05) is 25.1 Å². The fraction of sp³-hybridized carbons (Fsp3) is 0.556. The summed E-state index contributed by atoms with van der Waals surface area (Å²) in [5, 5.41) is 8.63. The van der Waals surface area contributed by atoms with E-state index >= 15 is 0 Å². The molecule has 126 valence electrons. The van der Waals surface area contributed by atoms with Crippen LogP contribution in [0.15, 0.2) is 18.2 Å². The van der Waals surface area contributed by atoms with Crippen LogP contribution in [0.5, 0.6) is 0 Å². The van der Waals surface area contributed by atoms with Gasteiger partial charge in [0.25, 0.3) is 0 Å². The van der Waals surface area contributed by atoms with E-state index in [9.17, 15) is 9.59 Å². The maximum absolute atomic E-state index is 11.9. The number of benzene rings is 1. The lowest BCUT2D eigenvalue weighted by Crippen LogP contribution is -2.29. The number of rotatable bonds is 8. The molecule has 0 aromatic heterocycles. The first-order chi connectivity index (χ1) is 11.1. The molecule has 2 rings (SSSR count). The van der Waals surface area contributed by atoms with Crippen molar-refractivity contribution in [3.63, 3.8) is 0 Å². The molecule has 3 amide bonds. The minimum atomic E-state index is -0.199. The summed E-state index contributed by atoms with van der Waals surface area (Å²) in [7, 11) is 0. The van der Waals surface area contributed by atoms with Gasteiger partial charge in [-0.15, -0.1) is 0 Å². The molecule has 23 heavy (non-hydrogen) atoms. The summed E-state index contributed by atoms with van der Waals surface area (Å²) in [6, 6.07) is 5.38. The Balaban J connectivity index is 1.83. The van der Waals surface area contributed by atoms with E-state index in [-0.39, 0.29) is 17.9 Å². The molecular formula is C18H27N3O2. The zero-order valence-electron chi connectivity index (χ0n) is 14.1. The third kappa shape index (κ3) is 5.93. The van der Waals surface area contributed by atoms with Gasteiger partial charge in [0.1, 0.15) is 0 Å². The van der Waals surface area contributed by atoms with Crippen molar-refractivity contribution in [2.75, 3.05) is 17.2 Å². The molecule has 0 saturated heterocycles. The lowest BCUT2D eigenvalue weighted by molar-refractivity contribution is -0.117. The van der Waals surface area contributed by atoms with E-state index in [4.69, 9.17) is 0 Å². The summed E-state index contributed by atoms with van der Waals surface area (Å²) in [5.74, 6) is 0.235. The predicted octanol–water partition coefficient (Wildman–Crippen LogP) is 4.05. The van der Waals surface area contributed by atoms with Crippen molar-refractivity contribution in [2.24, 2.45) is 5.92 Å². The van der Waals surface area contributed by atoms with Crippen molar-refractivity contribution < 1.29 is 9.59 Å². The van der Waals surface area contributed by atoms with Crippen LogP contribution >= 0.6 is 0 Å². The maximum atomic E-state index is 11.9. The minimum absolute atomic E-state index is 0.0696. The standard InChI is InChI=1S/C18H27N3O2/c1-3-4-5-6-11-19-18(23)21-16-12-15(10-7-13(16)2)20-17(22)14-8-9-14/h7,10,12,14H,3-6,8-9,11H2,1-2H3,(H,20,22)(H2,19,21,23). The molecule has 1 aromatic carbocycles. The number of amides is 3. The highest BCUT2D eigenvalue weighted by atomic mass is 16.2. The first-order valence-corrected chi connectivity index (χ1v) is 8.56. The van der Waals surface area contributed by atoms with Crippen molar-refractivity contribution >= 4 is 23.3 Å². The summed E-state index contributed by atoms with van der Waals surface area (Å²) < 4.78 is 0. The van der Waals surface area contributed by atoms with Gasteiger partial charge in [0.2, 0.25) is 5.91 Å². The van der Waals surface area contributed by atoms with Gasteiger partial charge in [0.15, 0.2) is 0 Å². The number of carbonyl (C=O) groups is 2. The highest BCUT2D eigenvalue weighted by Crippen LogP contribution is 2.30. The molecule has 5 heteroatoms. The number of urea groups is 1. The lowest BCUT2D eigenvalue weighted by atomic mass is 10.1. The number of anilines is 2. The van der Waals surface area contributed by atoms with E-state index in [0.717, 1.165) is 42.6 Å². The third-order valence-corrected chi connectivity index (χ3v) is 4.02. The topological polar surface area (TPSA) is 70.2 Å².